The molecule has 2 fully saturated rings. The molecule has 5 rings (SSSR count). The van der Waals surface area contributed by atoms with Crippen LogP contribution in [0.3, 0.4) is 0 Å². The van der Waals surface area contributed by atoms with E-state index < -0.39 is 10.0 Å². The zero-order valence-corrected chi connectivity index (χ0v) is 19.9. The first kappa shape index (κ1) is 21.9. The highest BCUT2D eigenvalue weighted by molar-refractivity contribution is 7.89. The number of rotatable bonds is 5. The lowest BCUT2D eigenvalue weighted by Crippen LogP contribution is -2.49. The summed E-state index contributed by atoms with van der Waals surface area (Å²) in [5.41, 5.74) is 2.25. The molecule has 0 bridgehead atoms. The van der Waals surface area contributed by atoms with Gasteiger partial charge in [-0.25, -0.2) is 18.4 Å². The molecule has 1 aromatic carbocycles. The van der Waals surface area contributed by atoms with Crippen molar-refractivity contribution in [2.75, 3.05) is 36.4 Å². The Morgan fingerprint density at radius 1 is 1.15 bits per heavy atom. The number of aryl methyl sites for hydroxylation is 2. The minimum atomic E-state index is -3.77. The monoisotopic (exact) mass is 486 g/mol. The SMILES string of the molecule is Cc1nn(C)c(Cl)c1S(=O)(=O)N1CCN(c2nc3cc(C#N)ccc3nc2NC2CC2)CC1. The Bertz CT molecular complexity index is 1390. The van der Waals surface area contributed by atoms with Crippen molar-refractivity contribution in [3.05, 3.63) is 34.6 Å². The van der Waals surface area contributed by atoms with E-state index in [-0.39, 0.29) is 23.1 Å². The van der Waals surface area contributed by atoms with Gasteiger partial charge in [0.05, 0.1) is 28.4 Å². The first-order chi connectivity index (χ1) is 15.8. The van der Waals surface area contributed by atoms with Crippen LogP contribution < -0.4 is 10.2 Å². The van der Waals surface area contributed by atoms with Crippen LogP contribution in [0.15, 0.2) is 23.1 Å². The van der Waals surface area contributed by atoms with Gasteiger partial charge in [-0.2, -0.15) is 14.7 Å². The van der Waals surface area contributed by atoms with E-state index in [4.69, 9.17) is 21.6 Å². The first-order valence-corrected chi connectivity index (χ1v) is 12.5. The van der Waals surface area contributed by atoms with Crippen molar-refractivity contribution in [2.24, 2.45) is 7.05 Å². The molecule has 3 aromatic rings. The number of fused-ring (bicyclic) bond motifs is 1. The van der Waals surface area contributed by atoms with E-state index in [1.807, 2.05) is 4.90 Å². The summed E-state index contributed by atoms with van der Waals surface area (Å²) in [4.78, 5) is 11.7. The summed E-state index contributed by atoms with van der Waals surface area (Å²) < 4.78 is 29.3. The van der Waals surface area contributed by atoms with E-state index in [2.05, 4.69) is 16.5 Å². The number of sulfonamides is 1. The maximum atomic E-state index is 13.3. The molecule has 2 aliphatic rings. The van der Waals surface area contributed by atoms with Crippen molar-refractivity contribution in [2.45, 2.75) is 30.7 Å². The number of anilines is 2. The highest BCUT2D eigenvalue weighted by atomic mass is 35.5. The van der Waals surface area contributed by atoms with Gasteiger partial charge in [0, 0.05) is 39.3 Å². The molecule has 0 radical (unpaired) electrons. The van der Waals surface area contributed by atoms with E-state index in [0.29, 0.717) is 53.1 Å². The first-order valence-electron chi connectivity index (χ1n) is 10.7. The Morgan fingerprint density at radius 2 is 1.88 bits per heavy atom. The van der Waals surface area contributed by atoms with Crippen LogP contribution >= 0.6 is 11.6 Å². The fraction of sp³-hybridized carbons (Fsp3) is 0.429. The summed E-state index contributed by atoms with van der Waals surface area (Å²) in [7, 11) is -2.15. The highest BCUT2D eigenvalue weighted by Crippen LogP contribution is 2.33. The minimum absolute atomic E-state index is 0.0609. The second-order valence-electron chi connectivity index (χ2n) is 8.35. The van der Waals surface area contributed by atoms with Gasteiger partial charge < -0.3 is 10.2 Å². The average molecular weight is 487 g/mol. The smallest absolute Gasteiger partial charge is 0.248 e. The summed E-state index contributed by atoms with van der Waals surface area (Å²) in [5.74, 6) is 1.37. The number of hydrogen-bond acceptors (Lipinski definition) is 8. The average Bonchev–Trinajstić information content (AvgIpc) is 3.57. The van der Waals surface area contributed by atoms with Crippen LogP contribution in [-0.4, -0.2) is 64.7 Å². The van der Waals surface area contributed by atoms with E-state index in [1.165, 1.54) is 8.99 Å². The van der Waals surface area contributed by atoms with Gasteiger partial charge in [0.2, 0.25) is 10.0 Å². The molecule has 1 saturated heterocycles. The molecule has 0 atom stereocenters. The summed E-state index contributed by atoms with van der Waals surface area (Å²) >= 11 is 6.23. The van der Waals surface area contributed by atoms with Crippen LogP contribution in [0.25, 0.3) is 11.0 Å². The standard InChI is InChI=1S/C21H23ClN8O2S/c1-13-18(19(22)28(2)27-13)33(31,32)30-9-7-29(8-10-30)21-20(24-15-4-5-15)25-16-6-3-14(12-23)11-17(16)26-21/h3,6,11,15H,4-5,7-10H2,1-2H3,(H,24,25). The predicted molar refractivity (Wildman–Crippen MR) is 125 cm³/mol. The molecule has 3 heterocycles. The van der Waals surface area contributed by atoms with Crippen LogP contribution in [0.2, 0.25) is 5.15 Å². The Hall–Kier alpha value is -2.94. The quantitative estimate of drug-likeness (QED) is 0.583. The molecule has 33 heavy (non-hydrogen) atoms. The van der Waals surface area contributed by atoms with Gasteiger partial charge in [-0.05, 0) is 38.0 Å². The van der Waals surface area contributed by atoms with Crippen molar-refractivity contribution in [3.8, 4) is 6.07 Å². The van der Waals surface area contributed by atoms with Gasteiger partial charge in [-0.15, -0.1) is 0 Å². The fourth-order valence-corrected chi connectivity index (χ4v) is 6.15. The summed E-state index contributed by atoms with van der Waals surface area (Å²) in [6, 6.07) is 7.77. The zero-order chi connectivity index (χ0) is 23.3. The Morgan fingerprint density at radius 3 is 2.48 bits per heavy atom. The molecule has 1 aliphatic heterocycles. The minimum Gasteiger partial charge on any atom is -0.364 e. The Labute approximate surface area is 196 Å². The number of nitrogens with one attached hydrogen (secondary N) is 1. The molecular weight excluding hydrogens is 464 g/mol. The molecule has 12 heteroatoms. The van der Waals surface area contributed by atoms with E-state index in [0.717, 1.165) is 12.8 Å². The van der Waals surface area contributed by atoms with Crippen molar-refractivity contribution in [1.82, 2.24) is 24.1 Å². The summed E-state index contributed by atoms with van der Waals surface area (Å²) in [6.45, 7) is 3.12. The van der Waals surface area contributed by atoms with Crippen LogP contribution in [0.4, 0.5) is 11.6 Å². The second kappa shape index (κ2) is 8.13. The lowest BCUT2D eigenvalue weighted by Gasteiger charge is -2.35. The van der Waals surface area contributed by atoms with Crippen LogP contribution in [0, 0.1) is 18.3 Å². The van der Waals surface area contributed by atoms with Crippen molar-refractivity contribution < 1.29 is 8.42 Å². The van der Waals surface area contributed by atoms with Crippen molar-refractivity contribution in [1.29, 1.82) is 5.26 Å². The lowest BCUT2D eigenvalue weighted by molar-refractivity contribution is 0.383. The number of nitrogens with zero attached hydrogens (tertiary/aromatic N) is 7. The van der Waals surface area contributed by atoms with Crippen LogP contribution in [0.5, 0.6) is 0 Å². The molecule has 0 amide bonds. The molecule has 1 aliphatic carbocycles. The molecule has 172 valence electrons. The number of benzene rings is 1. The zero-order valence-electron chi connectivity index (χ0n) is 18.3. The normalized spacial score (nSPS) is 17.3. The molecule has 2 aromatic heterocycles. The van der Waals surface area contributed by atoms with Crippen molar-refractivity contribution in [3.63, 3.8) is 0 Å². The van der Waals surface area contributed by atoms with Gasteiger partial charge in [-0.3, -0.25) is 4.68 Å². The lowest BCUT2D eigenvalue weighted by atomic mass is 10.2. The highest BCUT2D eigenvalue weighted by Gasteiger charge is 2.35. The molecule has 0 unspecified atom stereocenters. The predicted octanol–water partition coefficient (Wildman–Crippen LogP) is 2.28. The Balaban J connectivity index is 1.43. The number of hydrogen-bond donors (Lipinski definition) is 1. The number of aromatic nitrogens is 4. The van der Waals surface area contributed by atoms with Crippen molar-refractivity contribution >= 4 is 44.3 Å². The Kier molecular flexibility index (Phi) is 5.39. The molecule has 10 nitrogen and oxygen atoms in total. The second-order valence-corrected chi connectivity index (χ2v) is 10.6. The number of piperazine rings is 1. The third kappa shape index (κ3) is 3.99. The van der Waals surface area contributed by atoms with Gasteiger partial charge in [0.1, 0.15) is 10.0 Å². The van der Waals surface area contributed by atoms with Crippen LogP contribution in [0.1, 0.15) is 24.1 Å². The number of nitriles is 1. The van der Waals surface area contributed by atoms with Crippen LogP contribution in [-0.2, 0) is 17.1 Å². The largest absolute Gasteiger partial charge is 0.364 e. The molecule has 1 saturated carbocycles. The fourth-order valence-electron chi connectivity index (χ4n) is 4.03. The molecular formula is C21H23ClN8O2S. The van der Waals surface area contributed by atoms with E-state index in [9.17, 15) is 13.7 Å². The van der Waals surface area contributed by atoms with Gasteiger partial charge >= 0.3 is 0 Å². The third-order valence-corrected chi connectivity index (χ3v) is 8.52. The van der Waals surface area contributed by atoms with Gasteiger partial charge in [0.15, 0.2) is 11.6 Å². The maximum absolute atomic E-state index is 13.3. The molecule has 1 N–H and O–H groups in total. The van der Waals surface area contributed by atoms with E-state index in [1.54, 1.807) is 32.2 Å². The van der Waals surface area contributed by atoms with E-state index >= 15 is 0 Å². The maximum Gasteiger partial charge on any atom is 0.248 e. The summed E-state index contributed by atoms with van der Waals surface area (Å²) in [5, 5.41) is 16.9. The van der Waals surface area contributed by atoms with Gasteiger partial charge in [-0.1, -0.05) is 11.6 Å². The summed E-state index contributed by atoms with van der Waals surface area (Å²) in [6.07, 6.45) is 2.17. The van der Waals surface area contributed by atoms with Gasteiger partial charge in [0.25, 0.3) is 0 Å². The topological polar surface area (TPSA) is 120 Å². The third-order valence-electron chi connectivity index (χ3n) is 5.93. The molecule has 0 spiro atoms. The number of halogens is 1.